The average Bonchev–Trinajstić information content (AvgIpc) is 2.36. The Labute approximate surface area is 136 Å². The third-order valence-electron chi connectivity index (χ3n) is 2.67. The van der Waals surface area contributed by atoms with Crippen molar-refractivity contribution >= 4 is 47.8 Å². The standard InChI is InChI=1S/C13H10Br3FN2/c1-18-12(9-4-7(14)2-3-11(9)17)13-10(16)5-8(15)6-19-13/h2-6,12,18H,1H3. The van der Waals surface area contributed by atoms with Gasteiger partial charge in [0, 0.05) is 25.2 Å². The molecule has 0 bridgehead atoms. The van der Waals surface area contributed by atoms with Gasteiger partial charge in [-0.15, -0.1) is 0 Å². The van der Waals surface area contributed by atoms with Gasteiger partial charge in [0.2, 0.25) is 0 Å². The Kier molecular flexibility index (Phi) is 5.11. The summed E-state index contributed by atoms with van der Waals surface area (Å²) in [7, 11) is 1.78. The van der Waals surface area contributed by atoms with Crippen molar-refractivity contribution in [2.45, 2.75) is 6.04 Å². The molecule has 0 fully saturated rings. The van der Waals surface area contributed by atoms with Crippen molar-refractivity contribution in [1.82, 2.24) is 10.3 Å². The first-order valence-electron chi connectivity index (χ1n) is 5.46. The van der Waals surface area contributed by atoms with E-state index in [0.717, 1.165) is 19.1 Å². The van der Waals surface area contributed by atoms with Crippen molar-refractivity contribution in [2.24, 2.45) is 0 Å². The predicted octanol–water partition coefficient (Wildman–Crippen LogP) is 4.82. The zero-order valence-electron chi connectivity index (χ0n) is 9.92. The van der Waals surface area contributed by atoms with E-state index in [0.29, 0.717) is 5.56 Å². The molecule has 1 heterocycles. The average molecular weight is 453 g/mol. The maximum atomic E-state index is 14.0. The van der Waals surface area contributed by atoms with Crippen molar-refractivity contribution < 1.29 is 4.39 Å². The molecule has 2 rings (SSSR count). The van der Waals surface area contributed by atoms with E-state index < -0.39 is 0 Å². The Bertz CT molecular complexity index is 604. The van der Waals surface area contributed by atoms with Crippen molar-refractivity contribution in [3.8, 4) is 0 Å². The molecule has 1 unspecified atom stereocenters. The van der Waals surface area contributed by atoms with Crippen molar-refractivity contribution in [3.63, 3.8) is 0 Å². The molecule has 6 heteroatoms. The van der Waals surface area contributed by atoms with Crippen molar-refractivity contribution in [1.29, 1.82) is 0 Å². The molecule has 0 amide bonds. The molecular formula is C13H10Br3FN2. The largest absolute Gasteiger partial charge is 0.308 e. The molecule has 2 nitrogen and oxygen atoms in total. The van der Waals surface area contributed by atoms with Crippen LogP contribution in [-0.2, 0) is 0 Å². The Morgan fingerprint density at radius 2 is 1.89 bits per heavy atom. The van der Waals surface area contributed by atoms with Crippen LogP contribution in [0.1, 0.15) is 17.3 Å². The third-order valence-corrected chi connectivity index (χ3v) is 4.23. The number of benzene rings is 1. The predicted molar refractivity (Wildman–Crippen MR) is 84.6 cm³/mol. The fourth-order valence-electron chi connectivity index (χ4n) is 1.81. The molecule has 19 heavy (non-hydrogen) atoms. The molecule has 0 radical (unpaired) electrons. The van der Waals surface area contributed by atoms with Gasteiger partial charge in [-0.05, 0) is 63.2 Å². The zero-order chi connectivity index (χ0) is 14.0. The van der Waals surface area contributed by atoms with Crippen LogP contribution in [0.5, 0.6) is 0 Å². The lowest BCUT2D eigenvalue weighted by atomic mass is 10.0. The van der Waals surface area contributed by atoms with Gasteiger partial charge >= 0.3 is 0 Å². The first-order chi connectivity index (χ1) is 9.02. The first kappa shape index (κ1) is 15.1. The summed E-state index contributed by atoms with van der Waals surface area (Å²) in [6.45, 7) is 0. The number of hydrogen-bond acceptors (Lipinski definition) is 2. The molecule has 0 aliphatic rings. The lowest BCUT2D eigenvalue weighted by molar-refractivity contribution is 0.569. The molecule has 0 saturated heterocycles. The summed E-state index contributed by atoms with van der Waals surface area (Å²) in [5.74, 6) is -0.265. The number of halogens is 4. The second-order valence-corrected chi connectivity index (χ2v) is 6.59. The lowest BCUT2D eigenvalue weighted by Gasteiger charge is -2.18. The molecule has 1 N–H and O–H groups in total. The molecule has 0 aliphatic heterocycles. The molecule has 1 aromatic carbocycles. The van der Waals surface area contributed by atoms with Crippen LogP contribution in [0.15, 0.2) is 43.9 Å². The smallest absolute Gasteiger partial charge is 0.128 e. The Morgan fingerprint density at radius 3 is 2.53 bits per heavy atom. The topological polar surface area (TPSA) is 24.9 Å². The van der Waals surface area contributed by atoms with Gasteiger partial charge in [0.1, 0.15) is 5.82 Å². The summed E-state index contributed by atoms with van der Waals surface area (Å²) < 4.78 is 16.5. The fourth-order valence-corrected chi connectivity index (χ4v) is 3.41. The Morgan fingerprint density at radius 1 is 1.16 bits per heavy atom. The van der Waals surface area contributed by atoms with Crippen LogP contribution in [0.3, 0.4) is 0 Å². The minimum absolute atomic E-state index is 0.265. The van der Waals surface area contributed by atoms with Gasteiger partial charge in [-0.2, -0.15) is 0 Å². The highest BCUT2D eigenvalue weighted by molar-refractivity contribution is 9.11. The van der Waals surface area contributed by atoms with Crippen LogP contribution in [-0.4, -0.2) is 12.0 Å². The van der Waals surface area contributed by atoms with Crippen LogP contribution in [0.2, 0.25) is 0 Å². The Balaban J connectivity index is 2.52. The van der Waals surface area contributed by atoms with E-state index >= 15 is 0 Å². The van der Waals surface area contributed by atoms with Crippen LogP contribution in [0.4, 0.5) is 4.39 Å². The van der Waals surface area contributed by atoms with Crippen molar-refractivity contribution in [3.05, 3.63) is 61.0 Å². The molecule has 2 aromatic rings. The van der Waals surface area contributed by atoms with Gasteiger partial charge < -0.3 is 5.32 Å². The van der Waals surface area contributed by atoms with Crippen LogP contribution < -0.4 is 5.32 Å². The summed E-state index contributed by atoms with van der Waals surface area (Å²) >= 11 is 10.2. The number of pyridine rings is 1. The molecule has 0 aliphatic carbocycles. The number of nitrogens with zero attached hydrogens (tertiary/aromatic N) is 1. The minimum atomic E-state index is -0.319. The van der Waals surface area contributed by atoms with Gasteiger partial charge in [-0.1, -0.05) is 15.9 Å². The zero-order valence-corrected chi connectivity index (χ0v) is 14.7. The van der Waals surface area contributed by atoms with E-state index in [1.54, 1.807) is 25.4 Å². The summed E-state index contributed by atoms with van der Waals surface area (Å²) in [6.07, 6.45) is 1.69. The molecule has 0 saturated carbocycles. The van der Waals surface area contributed by atoms with Gasteiger partial charge in [-0.3, -0.25) is 4.98 Å². The quantitative estimate of drug-likeness (QED) is 0.722. The molecule has 1 atom stereocenters. The molecule has 1 aromatic heterocycles. The van der Waals surface area contributed by atoms with Crippen LogP contribution in [0.25, 0.3) is 0 Å². The molecular weight excluding hydrogens is 443 g/mol. The maximum absolute atomic E-state index is 14.0. The van der Waals surface area contributed by atoms with E-state index in [4.69, 9.17) is 0 Å². The highest BCUT2D eigenvalue weighted by atomic mass is 79.9. The third kappa shape index (κ3) is 3.42. The van der Waals surface area contributed by atoms with Gasteiger partial charge in [0.15, 0.2) is 0 Å². The van der Waals surface area contributed by atoms with E-state index in [9.17, 15) is 4.39 Å². The monoisotopic (exact) mass is 450 g/mol. The van der Waals surface area contributed by atoms with E-state index in [1.165, 1.54) is 6.07 Å². The maximum Gasteiger partial charge on any atom is 0.128 e. The second-order valence-electron chi connectivity index (χ2n) is 3.91. The second kappa shape index (κ2) is 6.43. The number of rotatable bonds is 3. The van der Waals surface area contributed by atoms with Gasteiger partial charge in [-0.25, -0.2) is 4.39 Å². The normalized spacial score (nSPS) is 12.5. The summed E-state index contributed by atoms with van der Waals surface area (Å²) in [6, 6.07) is 6.45. The number of nitrogens with one attached hydrogen (secondary N) is 1. The van der Waals surface area contributed by atoms with Crippen molar-refractivity contribution in [2.75, 3.05) is 7.05 Å². The highest BCUT2D eigenvalue weighted by Crippen LogP contribution is 2.31. The Hall–Kier alpha value is -0.300. The fraction of sp³-hybridized carbons (Fsp3) is 0.154. The summed E-state index contributed by atoms with van der Waals surface area (Å²) in [4.78, 5) is 4.36. The van der Waals surface area contributed by atoms with E-state index in [1.807, 2.05) is 6.07 Å². The van der Waals surface area contributed by atoms with Gasteiger partial charge in [0.05, 0.1) is 11.7 Å². The van der Waals surface area contributed by atoms with Crippen LogP contribution in [0, 0.1) is 5.82 Å². The minimum Gasteiger partial charge on any atom is -0.308 e. The summed E-state index contributed by atoms with van der Waals surface area (Å²) in [5.41, 5.74) is 1.29. The summed E-state index contributed by atoms with van der Waals surface area (Å²) in [5, 5.41) is 3.09. The number of hydrogen-bond donors (Lipinski definition) is 1. The van der Waals surface area contributed by atoms with E-state index in [2.05, 4.69) is 58.1 Å². The first-order valence-corrected chi connectivity index (χ1v) is 7.84. The highest BCUT2D eigenvalue weighted by Gasteiger charge is 2.20. The van der Waals surface area contributed by atoms with Gasteiger partial charge in [0.25, 0.3) is 0 Å². The van der Waals surface area contributed by atoms with Crippen LogP contribution >= 0.6 is 47.8 Å². The lowest BCUT2D eigenvalue weighted by Crippen LogP contribution is -2.20. The SMILES string of the molecule is CNC(c1cc(Br)ccc1F)c1ncc(Br)cc1Br. The molecule has 100 valence electrons. The number of aromatic nitrogens is 1. The molecule has 0 spiro atoms. The van der Waals surface area contributed by atoms with E-state index in [-0.39, 0.29) is 11.9 Å².